The van der Waals surface area contributed by atoms with E-state index in [-0.39, 0.29) is 13.0 Å². The molecule has 1 saturated heterocycles. The third kappa shape index (κ3) is 6.01. The molecule has 0 spiro atoms. The van der Waals surface area contributed by atoms with E-state index in [1.807, 2.05) is 48.5 Å². The summed E-state index contributed by atoms with van der Waals surface area (Å²) in [6, 6.07) is 24.2. The summed E-state index contributed by atoms with van der Waals surface area (Å²) in [5.74, 6) is 0.544. The van der Waals surface area contributed by atoms with Crippen molar-refractivity contribution in [1.29, 1.82) is 5.26 Å². The van der Waals surface area contributed by atoms with Gasteiger partial charge in [-0.2, -0.15) is 5.26 Å². The molecule has 0 amide bonds. The van der Waals surface area contributed by atoms with E-state index >= 15 is 0 Å². The van der Waals surface area contributed by atoms with Gasteiger partial charge in [-0.15, -0.1) is 0 Å². The average Bonchev–Trinajstić information content (AvgIpc) is 2.88. The minimum absolute atomic E-state index is 0.0495. The lowest BCUT2D eigenvalue weighted by Crippen LogP contribution is -2.48. The zero-order chi connectivity index (χ0) is 25.4. The number of aliphatic carboxylic acids is 1. The summed E-state index contributed by atoms with van der Waals surface area (Å²) in [6.07, 6.45) is 0.0495. The van der Waals surface area contributed by atoms with Gasteiger partial charge in [-0.25, -0.2) is 0 Å². The van der Waals surface area contributed by atoms with Crippen LogP contribution in [0.5, 0.6) is 11.5 Å². The molecular weight excluding hydrogens is 460 g/mol. The van der Waals surface area contributed by atoms with Crippen molar-refractivity contribution < 1.29 is 28.9 Å². The van der Waals surface area contributed by atoms with E-state index in [2.05, 4.69) is 11.2 Å². The molecule has 0 unspecified atom stereocenters. The van der Waals surface area contributed by atoms with Gasteiger partial charge in [-0.1, -0.05) is 41.6 Å². The highest BCUT2D eigenvalue weighted by Gasteiger charge is 2.42. The first-order valence-electron chi connectivity index (χ1n) is 11.4. The van der Waals surface area contributed by atoms with Crippen molar-refractivity contribution in [2.45, 2.75) is 18.4 Å². The standard InChI is InChI=1S/C28H26N2O6/c1-33-30-26(22-6-2-20(15-29)3-7-22)17-36-24-10-4-21(5-11-24)16-35-25-12-8-23(9-13-25)28(14-27(31)32)18-34-19-28/h2-13H,14,16-19H2,1H3,(H,31,32). The van der Waals surface area contributed by atoms with Gasteiger partial charge in [0.05, 0.1) is 36.7 Å². The van der Waals surface area contributed by atoms with Crippen LogP contribution < -0.4 is 9.47 Å². The van der Waals surface area contributed by atoms with Crippen LogP contribution in [0, 0.1) is 11.3 Å². The molecule has 36 heavy (non-hydrogen) atoms. The number of carbonyl (C=O) groups is 1. The molecule has 4 rings (SSSR count). The third-order valence-electron chi connectivity index (χ3n) is 5.97. The maximum absolute atomic E-state index is 11.2. The van der Waals surface area contributed by atoms with Crippen LogP contribution in [-0.4, -0.2) is 43.7 Å². The predicted molar refractivity (Wildman–Crippen MR) is 132 cm³/mol. The summed E-state index contributed by atoms with van der Waals surface area (Å²) >= 11 is 0. The van der Waals surface area contributed by atoms with Gasteiger partial charge < -0.3 is 24.2 Å². The highest BCUT2D eigenvalue weighted by molar-refractivity contribution is 6.01. The molecule has 3 aromatic carbocycles. The SMILES string of the molecule is CON=C(COc1ccc(COc2ccc(C3(CC(=O)O)COC3)cc2)cc1)c1ccc(C#N)cc1. The number of nitrogens with zero attached hydrogens (tertiary/aromatic N) is 2. The number of hydrogen-bond donors (Lipinski definition) is 1. The molecule has 0 aromatic heterocycles. The molecule has 1 heterocycles. The number of oxime groups is 1. The molecule has 0 aliphatic carbocycles. The molecule has 1 N–H and O–H groups in total. The lowest BCUT2D eigenvalue weighted by atomic mass is 9.76. The molecule has 0 radical (unpaired) electrons. The smallest absolute Gasteiger partial charge is 0.304 e. The Hall–Kier alpha value is -4.35. The highest BCUT2D eigenvalue weighted by atomic mass is 16.6. The van der Waals surface area contributed by atoms with E-state index in [1.54, 1.807) is 24.3 Å². The van der Waals surface area contributed by atoms with Crippen molar-refractivity contribution in [2.75, 3.05) is 26.9 Å². The number of nitriles is 1. The summed E-state index contributed by atoms with van der Waals surface area (Å²) in [6.45, 7) is 1.42. The fourth-order valence-electron chi connectivity index (χ4n) is 3.92. The lowest BCUT2D eigenvalue weighted by molar-refractivity contribution is -0.145. The normalized spacial score (nSPS) is 14.3. The van der Waals surface area contributed by atoms with Gasteiger partial charge in [0.2, 0.25) is 0 Å². The molecule has 1 aliphatic heterocycles. The van der Waals surface area contributed by atoms with Crippen LogP contribution in [0.3, 0.4) is 0 Å². The number of rotatable bonds is 11. The van der Waals surface area contributed by atoms with Gasteiger partial charge in [0, 0.05) is 5.56 Å². The van der Waals surface area contributed by atoms with Crippen molar-refractivity contribution in [3.8, 4) is 17.6 Å². The van der Waals surface area contributed by atoms with Gasteiger partial charge in [0.15, 0.2) is 0 Å². The van der Waals surface area contributed by atoms with Gasteiger partial charge in [0.25, 0.3) is 0 Å². The van der Waals surface area contributed by atoms with E-state index < -0.39 is 11.4 Å². The first-order chi connectivity index (χ1) is 17.5. The molecule has 1 aliphatic rings. The molecule has 1 fully saturated rings. The van der Waals surface area contributed by atoms with E-state index in [9.17, 15) is 9.90 Å². The predicted octanol–water partition coefficient (Wildman–Crippen LogP) is 4.31. The molecular formula is C28H26N2O6. The largest absolute Gasteiger partial charge is 0.489 e. The van der Waals surface area contributed by atoms with Gasteiger partial charge in [-0.05, 0) is 47.5 Å². The van der Waals surface area contributed by atoms with Gasteiger partial charge >= 0.3 is 5.97 Å². The molecule has 184 valence electrons. The Morgan fingerprint density at radius 3 is 2.19 bits per heavy atom. The number of benzene rings is 3. The molecule has 0 saturated carbocycles. The molecule has 0 atom stereocenters. The quantitative estimate of drug-likeness (QED) is 0.318. The molecule has 8 heteroatoms. The first-order valence-corrected chi connectivity index (χ1v) is 11.4. The monoisotopic (exact) mass is 486 g/mol. The van der Waals surface area contributed by atoms with E-state index in [0.717, 1.165) is 16.7 Å². The van der Waals surface area contributed by atoms with Crippen molar-refractivity contribution in [1.82, 2.24) is 0 Å². The number of carboxylic acids is 1. The zero-order valence-corrected chi connectivity index (χ0v) is 19.8. The van der Waals surface area contributed by atoms with Crippen LogP contribution in [0.2, 0.25) is 0 Å². The van der Waals surface area contributed by atoms with Crippen molar-refractivity contribution in [3.05, 3.63) is 95.1 Å². The Labute approximate surface area is 209 Å². The number of ether oxygens (including phenoxy) is 3. The number of carboxylic acid groups (broad SMARTS) is 1. The second kappa shape index (κ2) is 11.4. The summed E-state index contributed by atoms with van der Waals surface area (Å²) in [5.41, 5.74) is 3.46. The van der Waals surface area contributed by atoms with Crippen LogP contribution in [0.1, 0.15) is 28.7 Å². The van der Waals surface area contributed by atoms with Gasteiger partial charge in [-0.3, -0.25) is 4.79 Å². The topological polar surface area (TPSA) is 110 Å². The van der Waals surface area contributed by atoms with E-state index in [0.29, 0.717) is 42.6 Å². The minimum atomic E-state index is -0.831. The maximum atomic E-state index is 11.2. The fourth-order valence-corrected chi connectivity index (χ4v) is 3.92. The lowest BCUT2D eigenvalue weighted by Gasteiger charge is -2.40. The maximum Gasteiger partial charge on any atom is 0.304 e. The summed E-state index contributed by atoms with van der Waals surface area (Å²) in [5, 5.41) is 22.2. The average molecular weight is 487 g/mol. The Morgan fingerprint density at radius 2 is 1.64 bits per heavy atom. The Balaban J connectivity index is 1.30. The fraction of sp³-hybridized carbons (Fsp3) is 0.250. The van der Waals surface area contributed by atoms with Crippen molar-refractivity contribution in [3.63, 3.8) is 0 Å². The molecule has 3 aromatic rings. The molecule has 0 bridgehead atoms. The van der Waals surface area contributed by atoms with E-state index in [4.69, 9.17) is 24.3 Å². The summed E-state index contributed by atoms with van der Waals surface area (Å²) in [7, 11) is 1.47. The van der Waals surface area contributed by atoms with Crippen LogP contribution in [0.25, 0.3) is 0 Å². The van der Waals surface area contributed by atoms with Gasteiger partial charge in [0.1, 0.15) is 37.5 Å². The summed E-state index contributed by atoms with van der Waals surface area (Å²) in [4.78, 5) is 16.2. The first kappa shape index (κ1) is 24.8. The Morgan fingerprint density at radius 1 is 1.00 bits per heavy atom. The van der Waals surface area contributed by atoms with Crippen LogP contribution >= 0.6 is 0 Å². The Kier molecular flexibility index (Phi) is 7.83. The summed E-state index contributed by atoms with van der Waals surface area (Å²) < 4.78 is 17.0. The second-order valence-electron chi connectivity index (χ2n) is 8.50. The van der Waals surface area contributed by atoms with Crippen LogP contribution in [0.4, 0.5) is 0 Å². The van der Waals surface area contributed by atoms with Crippen LogP contribution in [0.15, 0.2) is 78.0 Å². The van der Waals surface area contributed by atoms with E-state index in [1.165, 1.54) is 7.11 Å². The number of hydrogen-bond acceptors (Lipinski definition) is 7. The zero-order valence-electron chi connectivity index (χ0n) is 19.8. The minimum Gasteiger partial charge on any atom is -0.489 e. The van der Waals surface area contributed by atoms with Crippen molar-refractivity contribution in [2.24, 2.45) is 5.16 Å². The van der Waals surface area contributed by atoms with Crippen LogP contribution in [-0.2, 0) is 26.4 Å². The second-order valence-corrected chi connectivity index (χ2v) is 8.50. The molecule has 8 nitrogen and oxygen atoms in total. The highest BCUT2D eigenvalue weighted by Crippen LogP contribution is 2.36. The Bertz CT molecular complexity index is 1240. The van der Waals surface area contributed by atoms with Crippen molar-refractivity contribution >= 4 is 11.7 Å². The third-order valence-corrected chi connectivity index (χ3v) is 5.97.